The Morgan fingerprint density at radius 2 is 1.84 bits per heavy atom. The molecule has 0 aliphatic heterocycles. The molecule has 2 rings (SSSR count). The van der Waals surface area contributed by atoms with Crippen LogP contribution in [0, 0.1) is 12.3 Å². The number of nitrogens with one attached hydrogen (secondary N) is 2. The molecule has 1 atom stereocenters. The van der Waals surface area contributed by atoms with E-state index in [1.807, 2.05) is 47.9 Å². The number of hydrogen-bond donors (Lipinski definition) is 2. The van der Waals surface area contributed by atoms with Crippen LogP contribution in [0.25, 0.3) is 0 Å². The summed E-state index contributed by atoms with van der Waals surface area (Å²) in [6.45, 7) is 9.32. The maximum Gasteiger partial charge on any atom is 0.253 e. The minimum atomic E-state index is -0.538. The van der Waals surface area contributed by atoms with Crippen molar-refractivity contribution in [2.24, 2.45) is 12.5 Å². The van der Waals surface area contributed by atoms with Crippen LogP contribution in [0.3, 0.4) is 0 Å². The van der Waals surface area contributed by atoms with Gasteiger partial charge in [0.1, 0.15) is 0 Å². The lowest BCUT2D eigenvalue weighted by molar-refractivity contribution is -0.123. The number of nitrogens with zero attached hydrogens (tertiary/aromatic N) is 2. The lowest BCUT2D eigenvalue weighted by atomic mass is 9.95. The first-order valence-electron chi connectivity index (χ1n) is 8.31. The van der Waals surface area contributed by atoms with Crippen molar-refractivity contribution in [3.8, 4) is 0 Å². The molecule has 1 heterocycles. The van der Waals surface area contributed by atoms with Crippen molar-refractivity contribution in [3.63, 3.8) is 0 Å². The molecule has 0 fully saturated rings. The lowest BCUT2D eigenvalue weighted by Crippen LogP contribution is -2.31. The zero-order valence-electron chi connectivity index (χ0n) is 15.7. The molecule has 1 aromatic carbocycles. The second-order valence-corrected chi connectivity index (χ2v) is 7.29. The third kappa shape index (κ3) is 4.47. The minimum absolute atomic E-state index is 0.135. The summed E-state index contributed by atoms with van der Waals surface area (Å²) in [4.78, 5) is 25.0. The van der Waals surface area contributed by atoms with E-state index in [4.69, 9.17) is 0 Å². The molecule has 134 valence electrons. The average Bonchev–Trinajstić information content (AvgIpc) is 2.85. The van der Waals surface area contributed by atoms with E-state index >= 15 is 0 Å². The fourth-order valence-electron chi connectivity index (χ4n) is 2.50. The summed E-state index contributed by atoms with van der Waals surface area (Å²) in [5.41, 5.74) is 2.25. The minimum Gasteiger partial charge on any atom is -0.345 e. The Kier molecular flexibility index (Phi) is 5.30. The van der Waals surface area contributed by atoms with Gasteiger partial charge in [-0.15, -0.1) is 0 Å². The fraction of sp³-hybridized carbons (Fsp3) is 0.421. The van der Waals surface area contributed by atoms with Crippen LogP contribution in [0.2, 0.25) is 0 Å². The summed E-state index contributed by atoms with van der Waals surface area (Å²) in [6, 6.07) is 6.83. The van der Waals surface area contributed by atoms with E-state index in [-0.39, 0.29) is 17.9 Å². The lowest BCUT2D eigenvalue weighted by Gasteiger charge is -2.20. The van der Waals surface area contributed by atoms with Crippen LogP contribution in [-0.4, -0.2) is 21.6 Å². The van der Waals surface area contributed by atoms with Crippen LogP contribution in [0.15, 0.2) is 30.5 Å². The highest BCUT2D eigenvalue weighted by Gasteiger charge is 2.23. The average molecular weight is 342 g/mol. The molecule has 0 radical (unpaired) electrons. The molecule has 0 spiro atoms. The molecule has 0 aliphatic carbocycles. The topological polar surface area (TPSA) is 76.0 Å². The maximum atomic E-state index is 12.7. The van der Waals surface area contributed by atoms with Gasteiger partial charge in [0.25, 0.3) is 5.91 Å². The van der Waals surface area contributed by atoms with E-state index in [0.717, 1.165) is 11.3 Å². The van der Waals surface area contributed by atoms with E-state index in [9.17, 15) is 9.59 Å². The number of rotatable bonds is 4. The zero-order valence-corrected chi connectivity index (χ0v) is 15.7. The second-order valence-electron chi connectivity index (χ2n) is 7.29. The largest absolute Gasteiger partial charge is 0.345 e. The highest BCUT2D eigenvalue weighted by atomic mass is 16.2. The summed E-state index contributed by atoms with van der Waals surface area (Å²) in [6.07, 6.45) is 1.90. The molecule has 0 bridgehead atoms. The van der Waals surface area contributed by atoms with Crippen molar-refractivity contribution < 1.29 is 9.59 Å². The number of aromatic nitrogens is 2. The predicted octanol–water partition coefficient (Wildman–Crippen LogP) is 3.20. The molecule has 6 heteroatoms. The Morgan fingerprint density at radius 1 is 1.20 bits per heavy atom. The van der Waals surface area contributed by atoms with Gasteiger partial charge in [-0.3, -0.25) is 14.3 Å². The predicted molar refractivity (Wildman–Crippen MR) is 98.4 cm³/mol. The molecule has 0 unspecified atom stereocenters. The van der Waals surface area contributed by atoms with E-state index in [2.05, 4.69) is 15.7 Å². The summed E-state index contributed by atoms with van der Waals surface area (Å²) in [7, 11) is 1.85. The third-order valence-electron chi connectivity index (χ3n) is 3.97. The molecule has 2 aromatic rings. The molecular formula is C19H26N4O2. The summed E-state index contributed by atoms with van der Waals surface area (Å²) in [5.74, 6) is -0.371. The van der Waals surface area contributed by atoms with Gasteiger partial charge >= 0.3 is 0 Å². The standard InChI is InChI=1S/C19H26N4O2/c1-12(15-11-23(6)22-13(15)2)20-17(24)14-9-7-8-10-16(14)21-18(25)19(3,4)5/h7-12H,1-6H3,(H,20,24)(H,21,25)/t12-/m1/s1. The summed E-state index contributed by atoms with van der Waals surface area (Å²) >= 11 is 0. The molecule has 6 nitrogen and oxygen atoms in total. The van der Waals surface area contributed by atoms with Crippen molar-refractivity contribution >= 4 is 17.5 Å². The van der Waals surface area contributed by atoms with Gasteiger partial charge in [0.2, 0.25) is 5.91 Å². The quantitative estimate of drug-likeness (QED) is 0.896. The molecular weight excluding hydrogens is 316 g/mol. The first-order chi connectivity index (χ1) is 11.6. The first-order valence-corrected chi connectivity index (χ1v) is 8.31. The van der Waals surface area contributed by atoms with Gasteiger partial charge in [0, 0.05) is 24.2 Å². The van der Waals surface area contributed by atoms with Crippen LogP contribution >= 0.6 is 0 Å². The van der Waals surface area contributed by atoms with Gasteiger partial charge in [-0.05, 0) is 26.0 Å². The van der Waals surface area contributed by atoms with Gasteiger partial charge in [-0.1, -0.05) is 32.9 Å². The van der Waals surface area contributed by atoms with E-state index in [0.29, 0.717) is 11.3 Å². The van der Waals surface area contributed by atoms with Gasteiger partial charge < -0.3 is 10.6 Å². The van der Waals surface area contributed by atoms with Gasteiger partial charge in [-0.2, -0.15) is 5.10 Å². The van der Waals surface area contributed by atoms with Crippen molar-refractivity contribution in [2.75, 3.05) is 5.32 Å². The molecule has 0 aliphatic rings. The summed E-state index contributed by atoms with van der Waals surface area (Å²) in [5, 5.41) is 10.1. The van der Waals surface area contributed by atoms with E-state index in [1.54, 1.807) is 28.9 Å². The molecule has 0 saturated heterocycles. The Labute approximate surface area is 148 Å². The van der Waals surface area contributed by atoms with Crippen molar-refractivity contribution in [2.45, 2.75) is 40.7 Å². The number of anilines is 1. The van der Waals surface area contributed by atoms with Crippen LogP contribution in [-0.2, 0) is 11.8 Å². The van der Waals surface area contributed by atoms with E-state index in [1.165, 1.54) is 0 Å². The second kappa shape index (κ2) is 7.09. The van der Waals surface area contributed by atoms with Crippen molar-refractivity contribution in [3.05, 3.63) is 47.3 Å². The van der Waals surface area contributed by atoms with Crippen LogP contribution in [0.5, 0.6) is 0 Å². The van der Waals surface area contributed by atoms with Gasteiger partial charge in [-0.25, -0.2) is 0 Å². The number of amides is 2. The monoisotopic (exact) mass is 342 g/mol. The fourth-order valence-corrected chi connectivity index (χ4v) is 2.50. The van der Waals surface area contributed by atoms with Crippen LogP contribution in [0.1, 0.15) is 55.4 Å². The molecule has 2 N–H and O–H groups in total. The smallest absolute Gasteiger partial charge is 0.253 e. The number of carbonyl (C=O) groups excluding carboxylic acids is 2. The van der Waals surface area contributed by atoms with Crippen LogP contribution in [0.4, 0.5) is 5.69 Å². The highest BCUT2D eigenvalue weighted by molar-refractivity contribution is 6.04. The highest BCUT2D eigenvalue weighted by Crippen LogP contribution is 2.22. The Balaban J connectivity index is 2.19. The molecule has 2 amide bonds. The number of carbonyl (C=O) groups is 2. The number of hydrogen-bond acceptors (Lipinski definition) is 3. The Hall–Kier alpha value is -2.63. The number of aryl methyl sites for hydroxylation is 2. The van der Waals surface area contributed by atoms with Crippen molar-refractivity contribution in [1.29, 1.82) is 0 Å². The summed E-state index contributed by atoms with van der Waals surface area (Å²) < 4.78 is 1.73. The third-order valence-corrected chi connectivity index (χ3v) is 3.97. The van der Waals surface area contributed by atoms with Gasteiger partial charge in [0.05, 0.1) is 23.0 Å². The SMILES string of the molecule is Cc1nn(C)cc1[C@@H](C)NC(=O)c1ccccc1NC(=O)C(C)(C)C. The van der Waals surface area contributed by atoms with Gasteiger partial charge in [0.15, 0.2) is 0 Å². The molecule has 1 aromatic heterocycles. The Morgan fingerprint density at radius 3 is 2.40 bits per heavy atom. The molecule has 25 heavy (non-hydrogen) atoms. The Bertz CT molecular complexity index is 787. The maximum absolute atomic E-state index is 12.7. The number of benzene rings is 1. The zero-order chi connectivity index (χ0) is 18.8. The molecule has 0 saturated carbocycles. The first kappa shape index (κ1) is 18.7. The number of para-hydroxylation sites is 1. The van der Waals surface area contributed by atoms with Crippen LogP contribution < -0.4 is 10.6 Å². The normalized spacial score (nSPS) is 12.6. The van der Waals surface area contributed by atoms with E-state index < -0.39 is 5.41 Å². The van der Waals surface area contributed by atoms with Crippen molar-refractivity contribution in [1.82, 2.24) is 15.1 Å².